The van der Waals surface area contributed by atoms with E-state index in [-0.39, 0.29) is 21.9 Å². The first kappa shape index (κ1) is 14.2. The highest BCUT2D eigenvalue weighted by Gasteiger charge is 2.13. The van der Waals surface area contributed by atoms with Crippen LogP contribution in [0.3, 0.4) is 0 Å². The third kappa shape index (κ3) is 2.69. The van der Waals surface area contributed by atoms with Crippen LogP contribution in [0.1, 0.15) is 0 Å². The minimum Gasteiger partial charge on any atom is -0.337 e. The molecule has 1 heterocycles. The van der Waals surface area contributed by atoms with Gasteiger partial charge in [-0.05, 0) is 24.3 Å². The molecular formula is C14H7BrClF2N3. The second kappa shape index (κ2) is 5.54. The Morgan fingerprint density at radius 3 is 2.76 bits per heavy atom. The van der Waals surface area contributed by atoms with Crippen LogP contribution in [0.5, 0.6) is 0 Å². The van der Waals surface area contributed by atoms with Gasteiger partial charge in [0.1, 0.15) is 18.0 Å². The molecule has 0 aliphatic rings. The van der Waals surface area contributed by atoms with Crippen LogP contribution in [-0.2, 0) is 0 Å². The summed E-state index contributed by atoms with van der Waals surface area (Å²) in [6.45, 7) is 0. The Morgan fingerprint density at radius 1 is 1.14 bits per heavy atom. The van der Waals surface area contributed by atoms with Crippen molar-refractivity contribution in [1.82, 2.24) is 9.97 Å². The SMILES string of the molecule is Fc1c(Cl)cccc1Nc1ncnc2cc(Br)cc(F)c12. The van der Waals surface area contributed by atoms with Gasteiger partial charge in [-0.2, -0.15) is 0 Å². The molecular weight excluding hydrogens is 364 g/mol. The molecule has 7 heteroatoms. The summed E-state index contributed by atoms with van der Waals surface area (Å²) in [4.78, 5) is 7.98. The average molecular weight is 371 g/mol. The van der Waals surface area contributed by atoms with Gasteiger partial charge in [0.05, 0.1) is 21.6 Å². The molecule has 106 valence electrons. The van der Waals surface area contributed by atoms with E-state index in [1.165, 1.54) is 24.5 Å². The number of fused-ring (bicyclic) bond motifs is 1. The van der Waals surface area contributed by atoms with E-state index in [9.17, 15) is 8.78 Å². The molecule has 0 saturated heterocycles. The van der Waals surface area contributed by atoms with E-state index >= 15 is 0 Å². The first-order valence-electron chi connectivity index (χ1n) is 5.87. The summed E-state index contributed by atoms with van der Waals surface area (Å²) in [7, 11) is 0. The van der Waals surface area contributed by atoms with Crippen molar-refractivity contribution >= 4 is 49.9 Å². The van der Waals surface area contributed by atoms with Crippen molar-refractivity contribution in [3.05, 3.63) is 57.8 Å². The lowest BCUT2D eigenvalue weighted by Crippen LogP contribution is -2.00. The molecule has 1 N–H and O–H groups in total. The van der Waals surface area contributed by atoms with Gasteiger partial charge in [0.15, 0.2) is 5.82 Å². The molecule has 3 aromatic rings. The normalized spacial score (nSPS) is 10.9. The van der Waals surface area contributed by atoms with Crippen LogP contribution >= 0.6 is 27.5 Å². The number of nitrogens with one attached hydrogen (secondary N) is 1. The first-order valence-corrected chi connectivity index (χ1v) is 7.04. The third-order valence-corrected chi connectivity index (χ3v) is 3.61. The molecule has 0 fully saturated rings. The van der Waals surface area contributed by atoms with E-state index in [1.807, 2.05) is 0 Å². The lowest BCUT2D eigenvalue weighted by atomic mass is 10.2. The lowest BCUT2D eigenvalue weighted by Gasteiger charge is -2.10. The van der Waals surface area contributed by atoms with Gasteiger partial charge >= 0.3 is 0 Å². The lowest BCUT2D eigenvalue weighted by molar-refractivity contribution is 0.631. The summed E-state index contributed by atoms with van der Waals surface area (Å²) in [5.74, 6) is -0.959. The fourth-order valence-corrected chi connectivity index (χ4v) is 2.52. The molecule has 0 spiro atoms. The molecule has 21 heavy (non-hydrogen) atoms. The number of halogens is 4. The quantitative estimate of drug-likeness (QED) is 0.684. The van der Waals surface area contributed by atoms with Crippen molar-refractivity contribution in [2.75, 3.05) is 5.32 Å². The summed E-state index contributed by atoms with van der Waals surface area (Å²) in [5, 5.41) is 2.90. The molecule has 0 unspecified atom stereocenters. The smallest absolute Gasteiger partial charge is 0.165 e. The van der Waals surface area contributed by atoms with Crippen LogP contribution < -0.4 is 5.32 Å². The minimum atomic E-state index is -0.622. The fraction of sp³-hybridized carbons (Fsp3) is 0. The predicted octanol–water partition coefficient (Wildman–Crippen LogP) is 5.07. The van der Waals surface area contributed by atoms with E-state index in [2.05, 4.69) is 31.2 Å². The number of hydrogen-bond donors (Lipinski definition) is 1. The molecule has 0 aliphatic heterocycles. The van der Waals surface area contributed by atoms with Gasteiger partial charge in [-0.1, -0.05) is 33.6 Å². The molecule has 0 aliphatic carbocycles. The number of hydrogen-bond acceptors (Lipinski definition) is 3. The standard InChI is InChI=1S/C14H7BrClF2N3/c15-7-4-9(17)12-11(5-7)19-6-20-14(12)21-10-3-1-2-8(16)13(10)18/h1-6H,(H,19,20,21). The van der Waals surface area contributed by atoms with Crippen LogP contribution in [0.25, 0.3) is 10.9 Å². The van der Waals surface area contributed by atoms with Crippen LogP contribution in [0.15, 0.2) is 41.1 Å². The van der Waals surface area contributed by atoms with Crippen molar-refractivity contribution in [2.45, 2.75) is 0 Å². The summed E-state index contributed by atoms with van der Waals surface area (Å²) < 4.78 is 28.6. The predicted molar refractivity (Wildman–Crippen MR) is 81.9 cm³/mol. The maximum Gasteiger partial charge on any atom is 0.165 e. The number of rotatable bonds is 2. The van der Waals surface area contributed by atoms with Gasteiger partial charge < -0.3 is 5.32 Å². The van der Waals surface area contributed by atoms with Gasteiger partial charge in [0.25, 0.3) is 0 Å². The zero-order chi connectivity index (χ0) is 15.0. The highest BCUT2D eigenvalue weighted by atomic mass is 79.9. The Kier molecular flexibility index (Phi) is 3.73. The van der Waals surface area contributed by atoms with Crippen molar-refractivity contribution < 1.29 is 8.78 Å². The molecule has 3 nitrogen and oxygen atoms in total. The summed E-state index contributed by atoms with van der Waals surface area (Å²) in [6.07, 6.45) is 1.28. The monoisotopic (exact) mass is 369 g/mol. The van der Waals surface area contributed by atoms with Gasteiger partial charge in [0.2, 0.25) is 0 Å². The average Bonchev–Trinajstić information content (AvgIpc) is 2.43. The zero-order valence-corrected chi connectivity index (χ0v) is 12.7. The van der Waals surface area contributed by atoms with Crippen molar-refractivity contribution in [3.8, 4) is 0 Å². The van der Waals surface area contributed by atoms with E-state index in [4.69, 9.17) is 11.6 Å². The maximum atomic E-state index is 14.1. The number of anilines is 2. The molecule has 0 radical (unpaired) electrons. The van der Waals surface area contributed by atoms with Gasteiger partial charge in [-0.25, -0.2) is 18.7 Å². The Morgan fingerprint density at radius 2 is 1.95 bits per heavy atom. The van der Waals surface area contributed by atoms with Gasteiger partial charge in [0, 0.05) is 4.47 Å². The molecule has 1 aromatic heterocycles. The summed E-state index contributed by atoms with van der Waals surface area (Å²) in [6, 6.07) is 7.46. The van der Waals surface area contributed by atoms with Crippen molar-refractivity contribution in [3.63, 3.8) is 0 Å². The van der Waals surface area contributed by atoms with E-state index in [1.54, 1.807) is 12.1 Å². The van der Waals surface area contributed by atoms with Crippen molar-refractivity contribution in [1.29, 1.82) is 0 Å². The molecule has 3 rings (SSSR count). The Bertz CT molecular complexity index is 842. The molecule has 0 bridgehead atoms. The Balaban J connectivity index is 2.15. The van der Waals surface area contributed by atoms with E-state index in [0.29, 0.717) is 9.99 Å². The second-order valence-corrected chi connectivity index (χ2v) is 5.55. The van der Waals surface area contributed by atoms with Gasteiger partial charge in [-0.3, -0.25) is 0 Å². The largest absolute Gasteiger partial charge is 0.337 e. The number of nitrogens with zero attached hydrogens (tertiary/aromatic N) is 2. The number of benzene rings is 2. The molecule has 0 saturated carbocycles. The Labute approximate surface area is 132 Å². The molecule has 2 aromatic carbocycles. The third-order valence-electron chi connectivity index (χ3n) is 2.86. The van der Waals surface area contributed by atoms with Crippen LogP contribution in [0, 0.1) is 11.6 Å². The number of aromatic nitrogens is 2. The van der Waals surface area contributed by atoms with Crippen LogP contribution in [0.4, 0.5) is 20.3 Å². The van der Waals surface area contributed by atoms with E-state index in [0.717, 1.165) is 0 Å². The highest BCUT2D eigenvalue weighted by molar-refractivity contribution is 9.10. The molecule has 0 amide bonds. The topological polar surface area (TPSA) is 37.8 Å². The summed E-state index contributed by atoms with van der Waals surface area (Å²) in [5.41, 5.74) is 0.520. The van der Waals surface area contributed by atoms with Crippen LogP contribution in [0.2, 0.25) is 5.02 Å². The summed E-state index contributed by atoms with van der Waals surface area (Å²) >= 11 is 8.92. The minimum absolute atomic E-state index is 0.0263. The van der Waals surface area contributed by atoms with Gasteiger partial charge in [-0.15, -0.1) is 0 Å². The highest BCUT2D eigenvalue weighted by Crippen LogP contribution is 2.30. The Hall–Kier alpha value is -1.79. The molecule has 0 atom stereocenters. The second-order valence-electron chi connectivity index (χ2n) is 4.23. The zero-order valence-electron chi connectivity index (χ0n) is 10.4. The maximum absolute atomic E-state index is 14.1. The fourth-order valence-electron chi connectivity index (χ4n) is 1.93. The first-order chi connectivity index (χ1) is 10.1. The van der Waals surface area contributed by atoms with Crippen LogP contribution in [-0.4, -0.2) is 9.97 Å². The van der Waals surface area contributed by atoms with Crippen molar-refractivity contribution in [2.24, 2.45) is 0 Å². The van der Waals surface area contributed by atoms with E-state index < -0.39 is 11.6 Å².